The Morgan fingerprint density at radius 1 is 0.763 bits per heavy atom. The molecule has 0 aromatic carbocycles. The van der Waals surface area contributed by atoms with Gasteiger partial charge in [-0.05, 0) is 155 Å². The molecule has 3 aliphatic heterocycles. The van der Waals surface area contributed by atoms with E-state index in [0.717, 1.165) is 42.9 Å². The molecule has 7 rings (SSSR count). The fraction of sp³-hybridized carbons (Fsp3) is 0.763. The molecule has 17 nitrogen and oxygen atoms in total. The number of nitrogens with zero attached hydrogens (tertiary/aromatic N) is 3. The van der Waals surface area contributed by atoms with Gasteiger partial charge in [0.1, 0.15) is 42.9 Å². The lowest BCUT2D eigenvalue weighted by atomic mass is 9.47. The van der Waals surface area contributed by atoms with E-state index in [4.69, 9.17) is 10.5 Å². The predicted molar refractivity (Wildman–Crippen MR) is 290 cm³/mol. The second-order valence-corrected chi connectivity index (χ2v) is 25.2. The highest BCUT2D eigenvalue weighted by molar-refractivity contribution is 5.99. The molecule has 6 N–H and O–H groups in total. The van der Waals surface area contributed by atoms with E-state index in [2.05, 4.69) is 62.0 Å². The summed E-state index contributed by atoms with van der Waals surface area (Å²) in [5, 5.41) is 11.0. The molecule has 5 fully saturated rings. The summed E-state index contributed by atoms with van der Waals surface area (Å²) in [5.41, 5.74) is 7.93. The second kappa shape index (κ2) is 25.1. The molecular formula is C59H92N8O9. The van der Waals surface area contributed by atoms with Crippen molar-refractivity contribution in [2.75, 3.05) is 26.7 Å². The molecule has 0 bridgehead atoms. The monoisotopic (exact) mass is 1060 g/mol. The molecule has 4 aliphatic carbocycles. The highest BCUT2D eigenvalue weighted by Crippen LogP contribution is 2.67. The summed E-state index contributed by atoms with van der Waals surface area (Å²) in [5.74, 6) is 0.0309. The molecule has 2 saturated heterocycles. The van der Waals surface area contributed by atoms with Crippen molar-refractivity contribution in [3.05, 3.63) is 35.7 Å². The van der Waals surface area contributed by atoms with Gasteiger partial charge in [0.25, 0.3) is 0 Å². The minimum absolute atomic E-state index is 0.0694. The van der Waals surface area contributed by atoms with Crippen LogP contribution in [0.25, 0.3) is 0 Å². The normalized spacial score (nSPS) is 30.5. The molecule has 7 amide bonds. The lowest BCUT2D eigenvalue weighted by molar-refractivity contribution is -0.152. The van der Waals surface area contributed by atoms with E-state index in [1.807, 2.05) is 26.1 Å². The van der Waals surface area contributed by atoms with E-state index < -0.39 is 77.5 Å². The molecule has 0 aromatic rings. The SMILES string of the molecule is CC(C)CCC(C)C1CCC2C3CC=C4CC(OC(=O)CNC(=O)[C@@H]5CCCN5C(=O)[C@H](CC(C)C)NC(=O)[C@H](CCC(N)=O)NC(=O)[C@@H]5CCCN5C(=O)[C@H](C)NC(=O)C5=CN(C)C=CC5)CCC4(C)C3CCC12C. The first-order chi connectivity index (χ1) is 36.0. The molecule has 3 heterocycles. The van der Waals surface area contributed by atoms with Gasteiger partial charge in [-0.2, -0.15) is 0 Å². The minimum Gasteiger partial charge on any atom is -0.461 e. The van der Waals surface area contributed by atoms with Gasteiger partial charge in [-0.1, -0.05) is 79.0 Å². The number of allylic oxidation sites excluding steroid dienone is 2. The first-order valence-corrected chi connectivity index (χ1v) is 29.1. The van der Waals surface area contributed by atoms with Gasteiger partial charge in [0, 0.05) is 44.8 Å². The number of likely N-dealkylation sites (tertiary alicyclic amines) is 2. The number of fused-ring (bicyclic) bond motifs is 5. The molecule has 3 saturated carbocycles. The summed E-state index contributed by atoms with van der Waals surface area (Å²) < 4.78 is 6.06. The number of carbonyl (C=O) groups is 8. The van der Waals surface area contributed by atoms with Gasteiger partial charge >= 0.3 is 5.97 Å². The van der Waals surface area contributed by atoms with Crippen LogP contribution in [0.1, 0.15) is 171 Å². The molecule has 0 aromatic heterocycles. The molecule has 76 heavy (non-hydrogen) atoms. The second-order valence-electron chi connectivity index (χ2n) is 25.2. The van der Waals surface area contributed by atoms with Crippen LogP contribution in [-0.4, -0.2) is 125 Å². The Hall–Kier alpha value is -5.22. The summed E-state index contributed by atoms with van der Waals surface area (Å²) in [4.78, 5) is 113. The van der Waals surface area contributed by atoms with E-state index in [1.54, 1.807) is 25.1 Å². The van der Waals surface area contributed by atoms with E-state index in [-0.39, 0.29) is 56.3 Å². The zero-order chi connectivity index (χ0) is 55.2. The van der Waals surface area contributed by atoms with Crippen molar-refractivity contribution >= 4 is 47.3 Å². The van der Waals surface area contributed by atoms with Crippen LogP contribution in [0, 0.1) is 52.3 Å². The summed E-state index contributed by atoms with van der Waals surface area (Å²) in [6, 6.07) is -5.13. The molecule has 13 atom stereocenters. The zero-order valence-electron chi connectivity index (χ0n) is 47.3. The lowest BCUT2D eigenvalue weighted by Crippen LogP contribution is -2.59. The Labute approximate surface area is 452 Å². The number of nitrogens with two attached hydrogens (primary N) is 1. The van der Waals surface area contributed by atoms with Gasteiger partial charge in [-0.15, -0.1) is 0 Å². The summed E-state index contributed by atoms with van der Waals surface area (Å²) >= 11 is 0. The van der Waals surface area contributed by atoms with Crippen LogP contribution >= 0.6 is 0 Å². The van der Waals surface area contributed by atoms with E-state index >= 15 is 0 Å². The Bertz CT molecular complexity index is 2280. The van der Waals surface area contributed by atoms with Crippen molar-refractivity contribution in [3.8, 4) is 0 Å². The minimum atomic E-state index is -1.29. The van der Waals surface area contributed by atoms with Crippen LogP contribution in [0.3, 0.4) is 0 Å². The number of esters is 1. The largest absolute Gasteiger partial charge is 0.461 e. The molecule has 7 aliphatic rings. The van der Waals surface area contributed by atoms with E-state index in [9.17, 15) is 38.4 Å². The van der Waals surface area contributed by atoms with Crippen molar-refractivity contribution in [2.45, 2.75) is 207 Å². The molecule has 17 heteroatoms. The number of hydrogen-bond acceptors (Lipinski definition) is 10. The molecule has 8 unspecified atom stereocenters. The summed E-state index contributed by atoms with van der Waals surface area (Å²) in [6.45, 7) is 17.8. The number of rotatable bonds is 21. The first-order valence-electron chi connectivity index (χ1n) is 29.1. The fourth-order valence-corrected chi connectivity index (χ4v) is 15.0. The summed E-state index contributed by atoms with van der Waals surface area (Å²) in [6.07, 6.45) is 21.0. The van der Waals surface area contributed by atoms with Crippen molar-refractivity contribution in [2.24, 2.45) is 58.0 Å². The topological polar surface area (TPSA) is 230 Å². The molecular weight excluding hydrogens is 965 g/mol. The number of amides is 7. The Morgan fingerprint density at radius 2 is 1.46 bits per heavy atom. The number of carbonyl (C=O) groups excluding carboxylic acids is 8. The van der Waals surface area contributed by atoms with Crippen LogP contribution in [0.4, 0.5) is 0 Å². The standard InChI is InChI=1S/C59H92N8O9/c1-35(2)16-17-37(5)43-20-21-44-42-19-18-40-32-41(24-26-58(40,7)45(42)25-27-59(43,44)8)76-51(69)33-61-54(72)48-14-11-30-67(48)57(75)47(31-36(3)4)64-53(71)46(22-23-50(60)68)63-55(73)49-15-12-29-66(49)56(74)38(6)62-52(70)39-13-10-28-65(9)34-39/h10,18,28,34-38,41-49H,11-17,19-27,29-33H2,1-9H3,(H2,60,68)(H,61,72)(H,62,70)(H,63,73)(H,64,71)/t37?,38-,41?,42?,43?,44?,45?,46-,47-,48-,49-,58?,59?/m0/s1. The number of hydrogen-bond donors (Lipinski definition) is 5. The van der Waals surface area contributed by atoms with Crippen molar-refractivity contribution in [1.82, 2.24) is 36.0 Å². The highest BCUT2D eigenvalue weighted by Gasteiger charge is 2.59. The molecule has 0 spiro atoms. The van der Waals surface area contributed by atoms with Crippen molar-refractivity contribution in [1.29, 1.82) is 0 Å². The number of primary amides is 1. The number of nitrogens with one attached hydrogen (secondary N) is 4. The quantitative estimate of drug-likeness (QED) is 0.0649. The van der Waals surface area contributed by atoms with Gasteiger partial charge in [-0.25, -0.2) is 0 Å². The highest BCUT2D eigenvalue weighted by atomic mass is 16.5. The van der Waals surface area contributed by atoms with Gasteiger partial charge in [0.15, 0.2) is 0 Å². The Morgan fingerprint density at radius 3 is 2.13 bits per heavy atom. The van der Waals surface area contributed by atoms with E-state index in [1.165, 1.54) is 53.9 Å². The fourth-order valence-electron chi connectivity index (χ4n) is 15.0. The van der Waals surface area contributed by atoms with Gasteiger partial charge in [0.05, 0.1) is 0 Å². The summed E-state index contributed by atoms with van der Waals surface area (Å²) in [7, 11) is 1.80. The Kier molecular flexibility index (Phi) is 19.3. The van der Waals surface area contributed by atoms with Gasteiger partial charge in [0.2, 0.25) is 41.4 Å². The third-order valence-electron chi connectivity index (χ3n) is 19.1. The first kappa shape index (κ1) is 58.5. The third-order valence-corrected chi connectivity index (χ3v) is 19.1. The predicted octanol–water partition coefficient (Wildman–Crippen LogP) is 6.17. The van der Waals surface area contributed by atoms with Gasteiger partial charge in [-0.3, -0.25) is 38.4 Å². The lowest BCUT2D eigenvalue weighted by Gasteiger charge is -2.58. The van der Waals surface area contributed by atoms with Crippen LogP contribution in [0.2, 0.25) is 0 Å². The average Bonchev–Trinajstić information content (AvgIpc) is 4.21. The third kappa shape index (κ3) is 13.4. The molecule has 0 radical (unpaired) electrons. The van der Waals surface area contributed by atoms with Crippen LogP contribution in [-0.2, 0) is 43.1 Å². The van der Waals surface area contributed by atoms with Crippen LogP contribution in [0.15, 0.2) is 35.7 Å². The van der Waals surface area contributed by atoms with Crippen molar-refractivity contribution < 1.29 is 43.1 Å². The zero-order valence-corrected chi connectivity index (χ0v) is 47.3. The van der Waals surface area contributed by atoms with E-state index in [0.29, 0.717) is 61.3 Å². The van der Waals surface area contributed by atoms with Gasteiger partial charge < -0.3 is 46.4 Å². The number of ether oxygens (including phenoxy) is 1. The molecule has 422 valence electrons. The smallest absolute Gasteiger partial charge is 0.325 e. The van der Waals surface area contributed by atoms with Crippen LogP contribution < -0.4 is 27.0 Å². The maximum absolute atomic E-state index is 14.4. The maximum atomic E-state index is 14.4. The Balaban J connectivity index is 0.913. The van der Waals surface area contributed by atoms with Crippen molar-refractivity contribution in [3.63, 3.8) is 0 Å². The maximum Gasteiger partial charge on any atom is 0.325 e. The average molecular weight is 1060 g/mol. The van der Waals surface area contributed by atoms with Crippen LogP contribution in [0.5, 0.6) is 0 Å².